The minimum Gasteiger partial charge on any atom is -0.496 e. The monoisotopic (exact) mass is 391 g/mol. The van der Waals surface area contributed by atoms with Gasteiger partial charge in [-0.2, -0.15) is 4.31 Å². The molecular weight excluding hydrogens is 370 g/mol. The number of anilines is 1. The highest BCUT2D eigenvalue weighted by molar-refractivity contribution is 7.89. The van der Waals surface area contributed by atoms with Gasteiger partial charge in [0.15, 0.2) is 0 Å². The number of sulfonamides is 1. The summed E-state index contributed by atoms with van der Waals surface area (Å²) in [6, 6.07) is 10.6. The lowest BCUT2D eigenvalue weighted by atomic mass is 10.1. The number of hydrogen-bond acceptors (Lipinski definition) is 6. The zero-order chi connectivity index (χ0) is 20.0. The molecule has 0 spiro atoms. The molecule has 27 heavy (non-hydrogen) atoms. The van der Waals surface area contributed by atoms with E-state index in [4.69, 9.17) is 4.74 Å². The lowest BCUT2D eigenvalue weighted by Gasteiger charge is -2.15. The second kappa shape index (κ2) is 8.65. The number of rotatable bonds is 9. The number of methoxy groups -OCH3 is 1. The van der Waals surface area contributed by atoms with E-state index in [0.717, 1.165) is 0 Å². The molecule has 8 nitrogen and oxygen atoms in total. The topological polar surface area (TPSA) is 102 Å². The third-order valence-electron chi connectivity index (χ3n) is 3.91. The van der Waals surface area contributed by atoms with Crippen LogP contribution < -0.4 is 10.1 Å². The average molecular weight is 391 g/mol. The van der Waals surface area contributed by atoms with Crippen LogP contribution in [0.25, 0.3) is 0 Å². The van der Waals surface area contributed by atoms with Gasteiger partial charge in [0.05, 0.1) is 16.9 Å². The summed E-state index contributed by atoms with van der Waals surface area (Å²) in [7, 11) is -0.597. The van der Waals surface area contributed by atoms with E-state index in [1.807, 2.05) is 0 Å². The Labute approximate surface area is 158 Å². The molecule has 0 aliphatic rings. The van der Waals surface area contributed by atoms with Gasteiger partial charge in [0, 0.05) is 43.5 Å². The van der Waals surface area contributed by atoms with Crippen LogP contribution in [-0.2, 0) is 16.6 Å². The quantitative estimate of drug-likeness (QED) is 0.400. The first-order chi connectivity index (χ1) is 12.8. The van der Waals surface area contributed by atoms with Crippen molar-refractivity contribution < 1.29 is 18.1 Å². The Bertz CT molecular complexity index is 927. The average Bonchev–Trinajstić information content (AvgIpc) is 2.66. The summed E-state index contributed by atoms with van der Waals surface area (Å²) >= 11 is 0. The van der Waals surface area contributed by atoms with E-state index in [-0.39, 0.29) is 23.7 Å². The van der Waals surface area contributed by atoms with E-state index in [1.54, 1.807) is 18.2 Å². The number of nitrogens with zero attached hydrogens (tertiary/aromatic N) is 2. The van der Waals surface area contributed by atoms with E-state index in [2.05, 4.69) is 11.9 Å². The highest BCUT2D eigenvalue weighted by atomic mass is 32.2. The first kappa shape index (κ1) is 20.4. The molecule has 2 aromatic rings. The normalized spacial score (nSPS) is 11.2. The zero-order valence-electron chi connectivity index (χ0n) is 15.1. The molecule has 0 radical (unpaired) electrons. The van der Waals surface area contributed by atoms with Crippen molar-refractivity contribution in [3.05, 3.63) is 70.8 Å². The van der Waals surface area contributed by atoms with Crippen molar-refractivity contribution in [2.24, 2.45) is 0 Å². The van der Waals surface area contributed by atoms with E-state index in [1.165, 1.54) is 48.8 Å². The maximum Gasteiger partial charge on any atom is 0.270 e. The van der Waals surface area contributed by atoms with E-state index in [0.29, 0.717) is 17.0 Å². The Balaban J connectivity index is 2.15. The second-order valence-electron chi connectivity index (χ2n) is 5.71. The number of ether oxygens (including phenoxy) is 1. The van der Waals surface area contributed by atoms with Gasteiger partial charge in [-0.15, -0.1) is 6.58 Å². The first-order valence-corrected chi connectivity index (χ1v) is 9.46. The molecule has 0 bridgehead atoms. The largest absolute Gasteiger partial charge is 0.496 e. The fraction of sp³-hybridized carbons (Fsp3) is 0.222. The molecule has 2 aromatic carbocycles. The molecule has 1 N–H and O–H groups in total. The number of nitro benzene ring substituents is 1. The first-order valence-electron chi connectivity index (χ1n) is 8.02. The van der Waals surface area contributed by atoms with Crippen LogP contribution in [0.2, 0.25) is 0 Å². The third-order valence-corrected chi connectivity index (χ3v) is 5.74. The predicted molar refractivity (Wildman–Crippen MR) is 103 cm³/mol. The van der Waals surface area contributed by atoms with Crippen LogP contribution in [-0.4, -0.2) is 38.3 Å². The van der Waals surface area contributed by atoms with Gasteiger partial charge < -0.3 is 10.1 Å². The van der Waals surface area contributed by atoms with Crippen LogP contribution in [0.3, 0.4) is 0 Å². The number of hydrogen-bond donors (Lipinski definition) is 1. The molecule has 9 heteroatoms. The second-order valence-corrected chi connectivity index (χ2v) is 7.75. The maximum absolute atomic E-state index is 12.4. The van der Waals surface area contributed by atoms with Crippen LogP contribution in [0.4, 0.5) is 11.4 Å². The Morgan fingerprint density at radius 2 is 1.93 bits per heavy atom. The van der Waals surface area contributed by atoms with Crippen molar-refractivity contribution in [3.63, 3.8) is 0 Å². The summed E-state index contributed by atoms with van der Waals surface area (Å²) < 4.78 is 31.2. The maximum atomic E-state index is 12.4. The minimum absolute atomic E-state index is 0.0284. The van der Waals surface area contributed by atoms with Gasteiger partial charge in [0.25, 0.3) is 5.69 Å². The number of non-ortho nitro benzene ring substituents is 1. The summed E-state index contributed by atoms with van der Waals surface area (Å²) in [5.74, 6) is 0.526. The predicted octanol–water partition coefficient (Wildman–Crippen LogP) is 3.02. The number of benzene rings is 2. The Kier molecular flexibility index (Phi) is 6.54. The van der Waals surface area contributed by atoms with Crippen LogP contribution in [0.15, 0.2) is 60.0 Å². The van der Waals surface area contributed by atoms with E-state index in [9.17, 15) is 18.5 Å². The summed E-state index contributed by atoms with van der Waals surface area (Å²) in [5, 5.41) is 14.0. The number of likely N-dealkylation sites (N-methyl/N-ethyl adjacent to an activating group) is 1. The molecule has 0 atom stereocenters. The molecule has 0 aromatic heterocycles. The molecule has 0 saturated heterocycles. The van der Waals surface area contributed by atoms with Gasteiger partial charge in [0.1, 0.15) is 5.75 Å². The van der Waals surface area contributed by atoms with Crippen LogP contribution in [0.5, 0.6) is 5.75 Å². The van der Waals surface area contributed by atoms with Crippen LogP contribution in [0.1, 0.15) is 5.56 Å². The van der Waals surface area contributed by atoms with Crippen molar-refractivity contribution >= 4 is 21.4 Å². The molecule has 0 saturated carbocycles. The minimum atomic E-state index is -3.57. The Morgan fingerprint density at radius 3 is 2.48 bits per heavy atom. The van der Waals surface area contributed by atoms with Gasteiger partial charge >= 0.3 is 0 Å². The molecule has 0 unspecified atom stereocenters. The smallest absolute Gasteiger partial charge is 0.270 e. The summed E-state index contributed by atoms with van der Waals surface area (Å²) in [5.41, 5.74) is 1.27. The molecule has 0 amide bonds. The molecule has 0 aliphatic heterocycles. The van der Waals surface area contributed by atoms with Crippen molar-refractivity contribution in [3.8, 4) is 5.75 Å². The zero-order valence-corrected chi connectivity index (χ0v) is 15.9. The highest BCUT2D eigenvalue weighted by Crippen LogP contribution is 2.25. The SMILES string of the molecule is C=CCN(C)S(=O)(=O)c1ccc(NCc2cc([N+](=O)[O-])ccc2OC)cc1. The Morgan fingerprint density at radius 1 is 1.26 bits per heavy atom. The molecular formula is C18H21N3O5S. The fourth-order valence-corrected chi connectivity index (χ4v) is 3.56. The lowest BCUT2D eigenvalue weighted by molar-refractivity contribution is -0.384. The third kappa shape index (κ3) is 4.83. The highest BCUT2D eigenvalue weighted by Gasteiger charge is 2.19. The van der Waals surface area contributed by atoms with Gasteiger partial charge in [-0.25, -0.2) is 8.42 Å². The molecule has 0 heterocycles. The van der Waals surface area contributed by atoms with Crippen LogP contribution >= 0.6 is 0 Å². The van der Waals surface area contributed by atoms with E-state index < -0.39 is 14.9 Å². The van der Waals surface area contributed by atoms with E-state index >= 15 is 0 Å². The van der Waals surface area contributed by atoms with Crippen LogP contribution in [0, 0.1) is 10.1 Å². The summed E-state index contributed by atoms with van der Waals surface area (Å²) in [6.45, 7) is 4.04. The van der Waals surface area contributed by atoms with Gasteiger partial charge in [-0.05, 0) is 30.3 Å². The molecule has 0 aliphatic carbocycles. The molecule has 0 fully saturated rings. The van der Waals surface area contributed by atoms with Gasteiger partial charge in [0.2, 0.25) is 10.0 Å². The van der Waals surface area contributed by atoms with Crippen molar-refractivity contribution in [1.82, 2.24) is 4.31 Å². The standard InChI is InChI=1S/C18H21N3O5S/c1-4-11-20(2)27(24,25)17-8-5-15(6-9-17)19-13-14-12-16(21(22)23)7-10-18(14)26-3/h4-10,12,19H,1,11,13H2,2-3H3. The molecule has 144 valence electrons. The number of nitrogens with one attached hydrogen (secondary N) is 1. The Hall–Kier alpha value is -2.91. The molecule has 2 rings (SSSR count). The fourth-order valence-electron chi connectivity index (χ4n) is 2.42. The van der Waals surface area contributed by atoms with Crippen molar-refractivity contribution in [2.45, 2.75) is 11.4 Å². The van der Waals surface area contributed by atoms with Gasteiger partial charge in [-0.1, -0.05) is 6.08 Å². The van der Waals surface area contributed by atoms with Crippen molar-refractivity contribution in [1.29, 1.82) is 0 Å². The van der Waals surface area contributed by atoms with Gasteiger partial charge in [-0.3, -0.25) is 10.1 Å². The summed E-state index contributed by atoms with van der Waals surface area (Å²) in [6.07, 6.45) is 1.51. The van der Waals surface area contributed by atoms with Crippen molar-refractivity contribution in [2.75, 3.05) is 26.0 Å². The lowest BCUT2D eigenvalue weighted by Crippen LogP contribution is -2.26. The number of nitro groups is 1. The summed E-state index contributed by atoms with van der Waals surface area (Å²) in [4.78, 5) is 10.6.